The van der Waals surface area contributed by atoms with E-state index in [0.29, 0.717) is 23.3 Å². The fraction of sp³-hybridized carbons (Fsp3) is 0.154. The number of carbonyl (C=O) groups excluding carboxylic acids is 2. The van der Waals surface area contributed by atoms with Crippen molar-refractivity contribution in [2.24, 2.45) is 0 Å². The number of rotatable bonds is 7. The van der Waals surface area contributed by atoms with Gasteiger partial charge in [0.2, 0.25) is 5.82 Å². The lowest BCUT2D eigenvalue weighted by atomic mass is 10.00. The number of carboxylic acid groups (broad SMARTS) is 1. The van der Waals surface area contributed by atoms with E-state index >= 15 is 0 Å². The van der Waals surface area contributed by atoms with Gasteiger partial charge in [-0.2, -0.15) is 31.6 Å². The molecule has 0 spiro atoms. The molecule has 0 aliphatic carbocycles. The third-order valence-corrected chi connectivity index (χ3v) is 5.88. The topological polar surface area (TPSA) is 153 Å². The summed E-state index contributed by atoms with van der Waals surface area (Å²) in [5.74, 6) is -1.70. The van der Waals surface area contributed by atoms with Crippen molar-refractivity contribution < 1.29 is 45.8 Å². The third kappa shape index (κ3) is 7.43. The number of aromatic nitrogens is 4. The van der Waals surface area contributed by atoms with E-state index < -0.39 is 53.6 Å². The van der Waals surface area contributed by atoms with Gasteiger partial charge in [0.25, 0.3) is 5.91 Å². The smallest absolute Gasteiger partial charge is 0.416 e. The van der Waals surface area contributed by atoms with E-state index in [1.165, 1.54) is 31.3 Å². The molecule has 0 aliphatic rings. The second-order valence-electron chi connectivity index (χ2n) is 9.00. The summed E-state index contributed by atoms with van der Waals surface area (Å²) in [5.41, 5.74) is -2.38. The number of aliphatic carboxylic acids is 1. The Hall–Kier alpha value is -5.48. The predicted molar refractivity (Wildman–Crippen MR) is 139 cm³/mol. The number of aromatic amines is 1. The second kappa shape index (κ2) is 11.8. The van der Waals surface area contributed by atoms with Gasteiger partial charge in [-0.15, -0.1) is 10.2 Å². The molecule has 3 aromatic carbocycles. The molecule has 0 radical (unpaired) electrons. The number of benzene rings is 3. The van der Waals surface area contributed by atoms with Crippen molar-refractivity contribution in [2.75, 3.05) is 24.2 Å². The zero-order valence-electron chi connectivity index (χ0n) is 21.7. The van der Waals surface area contributed by atoms with E-state index in [4.69, 9.17) is 5.11 Å². The van der Waals surface area contributed by atoms with E-state index in [-0.39, 0.29) is 28.7 Å². The van der Waals surface area contributed by atoms with Crippen molar-refractivity contribution in [3.63, 3.8) is 0 Å². The van der Waals surface area contributed by atoms with E-state index in [9.17, 15) is 40.7 Å². The van der Waals surface area contributed by atoms with Crippen molar-refractivity contribution in [1.29, 1.82) is 0 Å². The van der Waals surface area contributed by atoms with Crippen molar-refractivity contribution in [1.82, 2.24) is 25.5 Å². The molecule has 3 amide bonds. The number of hydrogen-bond donors (Lipinski definition) is 4. The quantitative estimate of drug-likeness (QED) is 0.206. The zero-order chi connectivity index (χ0) is 31.5. The van der Waals surface area contributed by atoms with Gasteiger partial charge in [0.15, 0.2) is 0 Å². The highest BCUT2D eigenvalue weighted by Gasteiger charge is 2.37. The number of H-pyrrole nitrogens is 1. The number of halogens is 6. The van der Waals surface area contributed by atoms with E-state index in [2.05, 4.69) is 25.9 Å². The minimum atomic E-state index is -5.10. The molecule has 1 heterocycles. The molecule has 4 rings (SSSR count). The lowest BCUT2D eigenvalue weighted by Gasteiger charge is -2.16. The third-order valence-electron chi connectivity index (χ3n) is 5.88. The minimum absolute atomic E-state index is 0.00216. The summed E-state index contributed by atoms with van der Waals surface area (Å²) in [6.07, 6.45) is -10.2. The number of hydrogen-bond acceptors (Lipinski definition) is 6. The number of carboxylic acids is 1. The number of nitrogens with one attached hydrogen (secondary N) is 3. The van der Waals surface area contributed by atoms with Gasteiger partial charge in [-0.05, 0) is 58.8 Å². The lowest BCUT2D eigenvalue weighted by Crippen LogP contribution is -2.31. The molecule has 0 unspecified atom stereocenters. The standard InChI is InChI=1S/C26H19F6N7O4/c1-39(12-21(40)41)23(42)14-4-2-13(3-5-14)15-6-7-20(19(8-15)22-35-37-38-36-22)34-24(43)33-18-10-16(25(27,28)29)9-17(11-18)26(30,31)32/h2-11H,12H2,1H3,(H,40,41)(H2,33,34,43)(H,35,36,37,38). The number of anilines is 2. The molecule has 11 nitrogen and oxygen atoms in total. The van der Waals surface area contributed by atoms with Crippen molar-refractivity contribution in [3.05, 3.63) is 77.4 Å². The molecule has 0 atom stereocenters. The normalized spacial score (nSPS) is 11.6. The first-order valence-electron chi connectivity index (χ1n) is 11.9. The number of likely N-dealkylation sites (N-methyl/N-ethyl adjacent to an activating group) is 1. The number of alkyl halides is 6. The monoisotopic (exact) mass is 607 g/mol. The summed E-state index contributed by atoms with van der Waals surface area (Å²) in [6, 6.07) is 10.1. The number of amides is 3. The fourth-order valence-electron chi connectivity index (χ4n) is 3.91. The van der Waals surface area contributed by atoms with Crippen LogP contribution in [0.25, 0.3) is 22.5 Å². The van der Waals surface area contributed by atoms with Gasteiger partial charge in [-0.3, -0.25) is 9.59 Å². The molecule has 0 saturated heterocycles. The first-order valence-corrected chi connectivity index (χ1v) is 11.9. The summed E-state index contributed by atoms with van der Waals surface area (Å²) >= 11 is 0. The molecule has 0 aliphatic heterocycles. The van der Waals surface area contributed by atoms with Crippen LogP contribution in [0.5, 0.6) is 0 Å². The largest absolute Gasteiger partial charge is 0.480 e. The molecule has 17 heteroatoms. The summed E-state index contributed by atoms with van der Waals surface area (Å²) in [7, 11) is 1.34. The average Bonchev–Trinajstić information content (AvgIpc) is 3.46. The van der Waals surface area contributed by atoms with E-state index in [0.717, 1.165) is 4.90 Å². The van der Waals surface area contributed by atoms with Gasteiger partial charge in [0.1, 0.15) is 6.54 Å². The molecular weight excluding hydrogens is 588 g/mol. The Kier molecular flexibility index (Phi) is 8.36. The Labute approximate surface area is 237 Å². The lowest BCUT2D eigenvalue weighted by molar-refractivity contribution is -0.143. The van der Waals surface area contributed by atoms with Gasteiger partial charge in [-0.1, -0.05) is 18.2 Å². The zero-order valence-corrected chi connectivity index (χ0v) is 21.7. The van der Waals surface area contributed by atoms with Crippen LogP contribution in [0.15, 0.2) is 60.7 Å². The van der Waals surface area contributed by atoms with Crippen LogP contribution >= 0.6 is 0 Å². The number of carbonyl (C=O) groups is 3. The maximum absolute atomic E-state index is 13.2. The van der Waals surface area contributed by atoms with Gasteiger partial charge < -0.3 is 20.6 Å². The van der Waals surface area contributed by atoms with Crippen LogP contribution in [0, 0.1) is 0 Å². The number of nitrogens with zero attached hydrogens (tertiary/aromatic N) is 4. The molecule has 224 valence electrons. The Bertz CT molecular complexity index is 1620. The summed E-state index contributed by atoms with van der Waals surface area (Å²) in [6.45, 7) is -0.492. The summed E-state index contributed by atoms with van der Waals surface area (Å²) < 4.78 is 79.2. The van der Waals surface area contributed by atoms with Crippen molar-refractivity contribution in [2.45, 2.75) is 12.4 Å². The maximum Gasteiger partial charge on any atom is 0.416 e. The van der Waals surface area contributed by atoms with Crippen molar-refractivity contribution >= 4 is 29.3 Å². The predicted octanol–water partition coefficient (Wildman–Crippen LogP) is 5.37. The highest BCUT2D eigenvalue weighted by atomic mass is 19.4. The van der Waals surface area contributed by atoms with Crippen LogP contribution in [0.1, 0.15) is 21.5 Å². The SMILES string of the molecule is CN(CC(=O)O)C(=O)c1ccc(-c2ccc(NC(=O)Nc3cc(C(F)(F)F)cc(C(F)(F)F)c3)c(-c3nn[nH]n3)c2)cc1. The molecule has 0 saturated carbocycles. The van der Waals surface area contributed by atoms with Crippen LogP contribution < -0.4 is 10.6 Å². The first kappa shape index (κ1) is 30.5. The summed E-state index contributed by atoms with van der Waals surface area (Å²) in [5, 5.41) is 26.7. The van der Waals surface area contributed by atoms with Crippen LogP contribution in [0.2, 0.25) is 0 Å². The van der Waals surface area contributed by atoms with Crippen LogP contribution in [-0.4, -0.2) is 62.1 Å². The van der Waals surface area contributed by atoms with Gasteiger partial charge in [0, 0.05) is 23.9 Å². The van der Waals surface area contributed by atoms with Gasteiger partial charge in [-0.25, -0.2) is 4.79 Å². The Morgan fingerprint density at radius 2 is 1.47 bits per heavy atom. The molecule has 4 aromatic rings. The van der Waals surface area contributed by atoms with Gasteiger partial charge >= 0.3 is 24.4 Å². The van der Waals surface area contributed by atoms with E-state index in [1.807, 2.05) is 5.32 Å². The Balaban J connectivity index is 1.60. The van der Waals surface area contributed by atoms with Gasteiger partial charge in [0.05, 0.1) is 16.8 Å². The highest BCUT2D eigenvalue weighted by molar-refractivity contribution is 6.02. The molecule has 43 heavy (non-hydrogen) atoms. The molecular formula is C26H19F6N7O4. The first-order chi connectivity index (χ1) is 20.1. The number of urea groups is 1. The Morgan fingerprint density at radius 3 is 2.00 bits per heavy atom. The molecule has 1 aromatic heterocycles. The fourth-order valence-corrected chi connectivity index (χ4v) is 3.91. The van der Waals surface area contributed by atoms with Crippen LogP contribution in [0.3, 0.4) is 0 Å². The van der Waals surface area contributed by atoms with Crippen molar-refractivity contribution in [3.8, 4) is 22.5 Å². The minimum Gasteiger partial charge on any atom is -0.480 e. The highest BCUT2D eigenvalue weighted by Crippen LogP contribution is 2.38. The number of tetrazole rings is 1. The van der Waals surface area contributed by atoms with Crippen LogP contribution in [0.4, 0.5) is 42.5 Å². The summed E-state index contributed by atoms with van der Waals surface area (Å²) in [4.78, 5) is 37.0. The average molecular weight is 607 g/mol. The van der Waals surface area contributed by atoms with Crippen LogP contribution in [-0.2, 0) is 17.1 Å². The Morgan fingerprint density at radius 1 is 0.860 bits per heavy atom. The molecule has 0 fully saturated rings. The second-order valence-corrected chi connectivity index (χ2v) is 9.00. The molecule has 4 N–H and O–H groups in total. The maximum atomic E-state index is 13.2. The van der Waals surface area contributed by atoms with E-state index in [1.54, 1.807) is 18.2 Å². The molecule has 0 bridgehead atoms.